The van der Waals surface area contributed by atoms with Crippen LogP contribution in [0, 0.1) is 20.8 Å². The third-order valence-electron chi connectivity index (χ3n) is 3.27. The lowest BCUT2D eigenvalue weighted by atomic mass is 10.1. The topological polar surface area (TPSA) is 50.4 Å². The zero-order chi connectivity index (χ0) is 15.9. The molecule has 2 aromatic carbocycles. The molecule has 116 valence electrons. The highest BCUT2D eigenvalue weighted by molar-refractivity contribution is 5.89. The smallest absolute Gasteiger partial charge is 0.319 e. The number of hydrogen-bond donors (Lipinski definition) is 2. The number of urea groups is 1. The van der Waals surface area contributed by atoms with Crippen LogP contribution in [0.1, 0.15) is 16.7 Å². The molecular weight excluding hydrogens is 276 g/mol. The zero-order valence-corrected chi connectivity index (χ0v) is 13.3. The average Bonchev–Trinajstić information content (AvgIpc) is 2.46. The second kappa shape index (κ2) is 7.50. The Labute approximate surface area is 131 Å². The van der Waals surface area contributed by atoms with Crippen LogP contribution >= 0.6 is 0 Å². The van der Waals surface area contributed by atoms with Gasteiger partial charge >= 0.3 is 6.03 Å². The van der Waals surface area contributed by atoms with E-state index in [0.717, 1.165) is 22.6 Å². The van der Waals surface area contributed by atoms with Gasteiger partial charge in [-0.3, -0.25) is 0 Å². The molecule has 2 amide bonds. The number of nitrogens with one attached hydrogen (secondary N) is 2. The molecule has 0 heterocycles. The molecule has 0 aliphatic rings. The standard InChI is InChI=1S/C18H22N2O2/c1-13-11-14(2)17(15(3)12-13)22-10-9-19-18(21)20-16-7-5-4-6-8-16/h4-8,11-12H,9-10H2,1-3H3,(H2,19,20,21). The molecular formula is C18H22N2O2. The van der Waals surface area contributed by atoms with Crippen molar-refractivity contribution in [1.82, 2.24) is 5.32 Å². The van der Waals surface area contributed by atoms with Crippen LogP contribution in [-0.2, 0) is 0 Å². The maximum atomic E-state index is 11.7. The summed E-state index contributed by atoms with van der Waals surface area (Å²) >= 11 is 0. The van der Waals surface area contributed by atoms with Crippen molar-refractivity contribution >= 4 is 11.7 Å². The lowest BCUT2D eigenvalue weighted by molar-refractivity contribution is 0.247. The van der Waals surface area contributed by atoms with E-state index in [4.69, 9.17) is 4.74 Å². The second-order valence-corrected chi connectivity index (χ2v) is 5.32. The van der Waals surface area contributed by atoms with Crippen LogP contribution in [0.2, 0.25) is 0 Å². The molecule has 2 aromatic rings. The number of carbonyl (C=O) groups excluding carboxylic acids is 1. The van der Waals surface area contributed by atoms with Crippen molar-refractivity contribution in [3.05, 3.63) is 59.2 Å². The predicted octanol–water partition coefficient (Wildman–Crippen LogP) is 3.81. The Balaban J connectivity index is 1.77. The van der Waals surface area contributed by atoms with Crippen LogP contribution in [-0.4, -0.2) is 19.2 Å². The molecule has 0 bridgehead atoms. The van der Waals surface area contributed by atoms with Crippen LogP contribution < -0.4 is 15.4 Å². The van der Waals surface area contributed by atoms with E-state index in [-0.39, 0.29) is 6.03 Å². The van der Waals surface area contributed by atoms with Crippen LogP contribution in [0.25, 0.3) is 0 Å². The van der Waals surface area contributed by atoms with Gasteiger partial charge in [-0.1, -0.05) is 35.9 Å². The molecule has 4 nitrogen and oxygen atoms in total. The molecule has 0 aliphatic carbocycles. The van der Waals surface area contributed by atoms with Gasteiger partial charge in [0.2, 0.25) is 0 Å². The number of aryl methyl sites for hydroxylation is 3. The normalized spacial score (nSPS) is 10.1. The third kappa shape index (κ3) is 4.52. The van der Waals surface area contributed by atoms with Gasteiger partial charge in [-0.25, -0.2) is 4.79 Å². The number of hydrogen-bond acceptors (Lipinski definition) is 2. The lowest BCUT2D eigenvalue weighted by Gasteiger charge is -2.13. The Kier molecular flexibility index (Phi) is 5.42. The van der Waals surface area contributed by atoms with Gasteiger partial charge in [0.15, 0.2) is 0 Å². The first-order valence-electron chi connectivity index (χ1n) is 7.37. The largest absolute Gasteiger partial charge is 0.491 e. The van der Waals surface area contributed by atoms with Gasteiger partial charge in [-0.05, 0) is 44.0 Å². The summed E-state index contributed by atoms with van der Waals surface area (Å²) < 4.78 is 5.78. The summed E-state index contributed by atoms with van der Waals surface area (Å²) in [5.41, 5.74) is 4.23. The molecule has 4 heteroatoms. The van der Waals surface area contributed by atoms with Crippen LogP contribution in [0.5, 0.6) is 5.75 Å². The van der Waals surface area contributed by atoms with Gasteiger partial charge in [0, 0.05) is 5.69 Å². The molecule has 0 unspecified atom stereocenters. The minimum Gasteiger partial charge on any atom is -0.491 e. The number of benzene rings is 2. The summed E-state index contributed by atoms with van der Waals surface area (Å²) in [5.74, 6) is 0.899. The van der Waals surface area contributed by atoms with E-state index < -0.39 is 0 Å². The minimum absolute atomic E-state index is 0.229. The highest BCUT2D eigenvalue weighted by atomic mass is 16.5. The van der Waals surface area contributed by atoms with Gasteiger partial charge in [0.1, 0.15) is 12.4 Å². The molecule has 0 aromatic heterocycles. The number of para-hydroxylation sites is 1. The maximum Gasteiger partial charge on any atom is 0.319 e. The summed E-state index contributed by atoms with van der Waals surface area (Å²) in [6.07, 6.45) is 0. The van der Waals surface area contributed by atoms with Crippen LogP contribution in [0.3, 0.4) is 0 Å². The van der Waals surface area contributed by atoms with Crippen LogP contribution in [0.15, 0.2) is 42.5 Å². The van der Waals surface area contributed by atoms with Crippen molar-refractivity contribution in [1.29, 1.82) is 0 Å². The van der Waals surface area contributed by atoms with Crippen molar-refractivity contribution in [2.75, 3.05) is 18.5 Å². The fourth-order valence-electron chi connectivity index (χ4n) is 2.41. The van der Waals surface area contributed by atoms with E-state index in [1.165, 1.54) is 5.56 Å². The van der Waals surface area contributed by atoms with Crippen LogP contribution in [0.4, 0.5) is 10.5 Å². The Hall–Kier alpha value is -2.49. The number of anilines is 1. The Bertz CT molecular complexity index is 616. The van der Waals surface area contributed by atoms with Crippen molar-refractivity contribution in [3.8, 4) is 5.75 Å². The Morgan fingerprint density at radius 1 is 1.05 bits per heavy atom. The molecule has 2 N–H and O–H groups in total. The monoisotopic (exact) mass is 298 g/mol. The van der Waals surface area contributed by atoms with Gasteiger partial charge < -0.3 is 15.4 Å². The lowest BCUT2D eigenvalue weighted by Crippen LogP contribution is -2.32. The summed E-state index contributed by atoms with van der Waals surface area (Å²) in [5, 5.41) is 5.54. The van der Waals surface area contributed by atoms with Crippen molar-refractivity contribution in [2.45, 2.75) is 20.8 Å². The fraction of sp³-hybridized carbons (Fsp3) is 0.278. The third-order valence-corrected chi connectivity index (χ3v) is 3.27. The molecule has 0 aliphatic heterocycles. The average molecular weight is 298 g/mol. The molecule has 22 heavy (non-hydrogen) atoms. The first kappa shape index (κ1) is 15.9. The molecule has 0 fully saturated rings. The van der Waals surface area contributed by atoms with Crippen molar-refractivity contribution < 1.29 is 9.53 Å². The van der Waals surface area contributed by atoms with Crippen molar-refractivity contribution in [3.63, 3.8) is 0 Å². The van der Waals surface area contributed by atoms with E-state index in [2.05, 4.69) is 29.7 Å². The van der Waals surface area contributed by atoms with Gasteiger partial charge in [-0.2, -0.15) is 0 Å². The molecule has 0 saturated carbocycles. The first-order valence-corrected chi connectivity index (χ1v) is 7.37. The highest BCUT2D eigenvalue weighted by Crippen LogP contribution is 2.24. The number of rotatable bonds is 5. The van der Waals surface area contributed by atoms with Gasteiger partial charge in [0.25, 0.3) is 0 Å². The van der Waals surface area contributed by atoms with E-state index in [1.54, 1.807) is 0 Å². The summed E-state index contributed by atoms with van der Waals surface area (Å²) in [6.45, 7) is 7.02. The fourth-order valence-corrected chi connectivity index (χ4v) is 2.41. The number of ether oxygens (including phenoxy) is 1. The van der Waals surface area contributed by atoms with Crippen molar-refractivity contribution in [2.24, 2.45) is 0 Å². The molecule has 2 rings (SSSR count). The SMILES string of the molecule is Cc1cc(C)c(OCCNC(=O)Nc2ccccc2)c(C)c1. The summed E-state index contributed by atoms with van der Waals surface area (Å²) in [4.78, 5) is 11.7. The zero-order valence-electron chi connectivity index (χ0n) is 13.3. The second-order valence-electron chi connectivity index (χ2n) is 5.32. The Morgan fingerprint density at radius 3 is 2.32 bits per heavy atom. The van der Waals surface area contributed by atoms with Gasteiger partial charge in [-0.15, -0.1) is 0 Å². The number of amides is 2. The number of carbonyl (C=O) groups is 1. The molecule has 0 radical (unpaired) electrons. The predicted molar refractivity (Wildman–Crippen MR) is 89.6 cm³/mol. The molecule has 0 spiro atoms. The highest BCUT2D eigenvalue weighted by Gasteiger charge is 2.05. The first-order chi connectivity index (χ1) is 10.6. The van der Waals surface area contributed by atoms with E-state index in [0.29, 0.717) is 13.2 Å². The quantitative estimate of drug-likeness (QED) is 0.825. The minimum atomic E-state index is -0.229. The summed E-state index contributed by atoms with van der Waals surface area (Å²) in [7, 11) is 0. The van der Waals surface area contributed by atoms with Gasteiger partial charge in [0.05, 0.1) is 6.54 Å². The van der Waals surface area contributed by atoms with E-state index in [9.17, 15) is 4.79 Å². The molecule has 0 atom stereocenters. The maximum absolute atomic E-state index is 11.7. The van der Waals surface area contributed by atoms with E-state index >= 15 is 0 Å². The summed E-state index contributed by atoms with van der Waals surface area (Å²) in [6, 6.07) is 13.3. The molecule has 0 saturated heterocycles. The van der Waals surface area contributed by atoms with E-state index in [1.807, 2.05) is 44.2 Å². The Morgan fingerprint density at radius 2 is 1.68 bits per heavy atom.